The predicted molar refractivity (Wildman–Crippen MR) is 113 cm³/mol. The molecule has 0 heterocycles. The van der Waals surface area contributed by atoms with Crippen LogP contribution < -0.4 is 10.2 Å². The Morgan fingerprint density at radius 2 is 1.55 bits per heavy atom. The van der Waals surface area contributed by atoms with Crippen molar-refractivity contribution in [2.75, 3.05) is 7.11 Å². The van der Waals surface area contributed by atoms with Crippen LogP contribution in [0.15, 0.2) is 85.1 Å². The highest BCUT2D eigenvalue weighted by Gasteiger charge is 2.03. The second kappa shape index (κ2) is 10.1. The van der Waals surface area contributed by atoms with Crippen molar-refractivity contribution in [3.05, 3.63) is 96.3 Å². The van der Waals surface area contributed by atoms with Crippen molar-refractivity contribution in [3.8, 4) is 16.9 Å². The van der Waals surface area contributed by atoms with Gasteiger partial charge in [0.2, 0.25) is 0 Å². The lowest BCUT2D eigenvalue weighted by Gasteiger charge is -2.10. The molecule has 3 aromatic rings. The Labute approximate surface area is 170 Å². The summed E-state index contributed by atoms with van der Waals surface area (Å²) >= 11 is 0. The van der Waals surface area contributed by atoms with Crippen molar-refractivity contribution in [1.82, 2.24) is 5.48 Å². The maximum absolute atomic E-state index is 10.7. The van der Waals surface area contributed by atoms with E-state index in [2.05, 4.69) is 5.48 Å². The van der Waals surface area contributed by atoms with E-state index in [4.69, 9.17) is 14.7 Å². The summed E-state index contributed by atoms with van der Waals surface area (Å²) in [4.78, 5) is 15.7. The molecule has 0 aliphatic rings. The Bertz CT molecular complexity index is 948. The van der Waals surface area contributed by atoms with Gasteiger partial charge in [-0.25, -0.2) is 0 Å². The first-order chi connectivity index (χ1) is 14.2. The van der Waals surface area contributed by atoms with Gasteiger partial charge in [-0.15, -0.1) is 0 Å². The molecular weight excluding hydrogens is 366 g/mol. The molecule has 148 valence electrons. The molecule has 3 rings (SSSR count). The highest BCUT2D eigenvalue weighted by atomic mass is 16.6. The third-order valence-electron chi connectivity index (χ3n) is 4.38. The van der Waals surface area contributed by atoms with Crippen LogP contribution >= 0.6 is 0 Å². The molecule has 0 radical (unpaired) electrons. The van der Waals surface area contributed by atoms with Gasteiger partial charge < -0.3 is 9.84 Å². The summed E-state index contributed by atoms with van der Waals surface area (Å²) in [5, 5.41) is 8.78. The van der Waals surface area contributed by atoms with E-state index in [1.165, 1.54) is 0 Å². The average molecular weight is 389 g/mol. The molecule has 0 amide bonds. The number of hydrogen-bond acceptors (Lipinski definition) is 4. The molecular formula is C24H23NO4. The third-order valence-corrected chi connectivity index (χ3v) is 4.38. The summed E-state index contributed by atoms with van der Waals surface area (Å²) in [6.07, 6.45) is 2.29. The monoisotopic (exact) mass is 389 g/mol. The number of aliphatic carboxylic acids is 1. The zero-order valence-electron chi connectivity index (χ0n) is 16.2. The van der Waals surface area contributed by atoms with E-state index in [1.807, 2.05) is 78.9 Å². The van der Waals surface area contributed by atoms with E-state index >= 15 is 0 Å². The summed E-state index contributed by atoms with van der Waals surface area (Å²) in [6.45, 7) is 0. The number of hydrogen-bond donors (Lipinski definition) is 2. The Kier molecular flexibility index (Phi) is 7.03. The predicted octanol–water partition coefficient (Wildman–Crippen LogP) is 4.90. The lowest BCUT2D eigenvalue weighted by Crippen LogP contribution is -2.11. The third kappa shape index (κ3) is 5.96. The fraction of sp³-hybridized carbons (Fsp3) is 0.125. The SMILES string of the molecule is CONC(=COc1ccc(-c2ccc(CCC(=O)O)cc2)cc1)c1ccccc1. The van der Waals surface area contributed by atoms with Crippen LogP contribution in [-0.4, -0.2) is 18.2 Å². The number of ether oxygens (including phenoxy) is 1. The molecule has 3 aromatic carbocycles. The summed E-state index contributed by atoms with van der Waals surface area (Å²) in [5.41, 5.74) is 7.64. The molecule has 0 aromatic heterocycles. The van der Waals surface area contributed by atoms with E-state index in [-0.39, 0.29) is 6.42 Å². The van der Waals surface area contributed by atoms with Crippen LogP contribution in [0, 0.1) is 0 Å². The molecule has 0 saturated carbocycles. The maximum Gasteiger partial charge on any atom is 0.303 e. The number of aryl methyl sites for hydroxylation is 1. The number of hydroxylamine groups is 1. The average Bonchev–Trinajstić information content (AvgIpc) is 2.76. The number of carbonyl (C=O) groups is 1. The number of nitrogens with one attached hydrogen (secondary N) is 1. The molecule has 0 spiro atoms. The second-order valence-corrected chi connectivity index (χ2v) is 6.44. The molecule has 0 aliphatic carbocycles. The van der Waals surface area contributed by atoms with Gasteiger partial charge in [-0.05, 0) is 35.2 Å². The van der Waals surface area contributed by atoms with Crippen LogP contribution in [0.1, 0.15) is 17.5 Å². The van der Waals surface area contributed by atoms with Crippen molar-refractivity contribution in [2.24, 2.45) is 0 Å². The highest BCUT2D eigenvalue weighted by molar-refractivity contribution is 5.68. The van der Waals surface area contributed by atoms with Crippen molar-refractivity contribution < 1.29 is 19.5 Å². The molecule has 0 bridgehead atoms. The van der Waals surface area contributed by atoms with Gasteiger partial charge in [0, 0.05) is 12.0 Å². The first-order valence-corrected chi connectivity index (χ1v) is 9.28. The molecule has 0 aliphatic heterocycles. The van der Waals surface area contributed by atoms with Crippen molar-refractivity contribution >= 4 is 11.7 Å². The molecule has 0 atom stereocenters. The van der Waals surface area contributed by atoms with Crippen LogP contribution in [0.3, 0.4) is 0 Å². The van der Waals surface area contributed by atoms with E-state index in [1.54, 1.807) is 13.4 Å². The Morgan fingerprint density at radius 1 is 0.931 bits per heavy atom. The largest absolute Gasteiger partial charge is 0.481 e. The van der Waals surface area contributed by atoms with E-state index in [9.17, 15) is 4.79 Å². The Morgan fingerprint density at radius 3 is 2.14 bits per heavy atom. The van der Waals surface area contributed by atoms with Crippen LogP contribution in [0.5, 0.6) is 5.75 Å². The first-order valence-electron chi connectivity index (χ1n) is 9.28. The van der Waals surface area contributed by atoms with Gasteiger partial charge in [-0.3, -0.25) is 15.1 Å². The summed E-state index contributed by atoms with van der Waals surface area (Å²) in [7, 11) is 1.55. The molecule has 0 fully saturated rings. The number of rotatable bonds is 9. The van der Waals surface area contributed by atoms with Gasteiger partial charge in [0.1, 0.15) is 17.7 Å². The van der Waals surface area contributed by atoms with Gasteiger partial charge >= 0.3 is 5.97 Å². The van der Waals surface area contributed by atoms with Crippen molar-refractivity contribution in [2.45, 2.75) is 12.8 Å². The van der Waals surface area contributed by atoms with E-state index in [0.29, 0.717) is 17.9 Å². The summed E-state index contributed by atoms with van der Waals surface area (Å²) in [5.74, 6) is -0.0759. The van der Waals surface area contributed by atoms with Gasteiger partial charge in [-0.2, -0.15) is 0 Å². The standard InChI is InChI=1S/C24H23NO4/c1-28-25-23(21-5-3-2-4-6-21)17-29-22-14-12-20(13-15-22)19-10-7-18(8-11-19)9-16-24(26)27/h2-8,10-15,17,25H,9,16H2,1H3,(H,26,27). The summed E-state index contributed by atoms with van der Waals surface area (Å²) < 4.78 is 5.78. The molecule has 0 unspecified atom stereocenters. The fourth-order valence-electron chi connectivity index (χ4n) is 2.85. The topological polar surface area (TPSA) is 67.8 Å². The quantitative estimate of drug-likeness (QED) is 0.402. The molecule has 5 nitrogen and oxygen atoms in total. The van der Waals surface area contributed by atoms with Gasteiger partial charge in [0.05, 0.1) is 7.11 Å². The minimum absolute atomic E-state index is 0.141. The van der Waals surface area contributed by atoms with Crippen molar-refractivity contribution in [1.29, 1.82) is 0 Å². The zero-order chi connectivity index (χ0) is 20.5. The minimum atomic E-state index is -0.783. The normalized spacial score (nSPS) is 11.1. The maximum atomic E-state index is 10.7. The van der Waals surface area contributed by atoms with Gasteiger partial charge in [0.25, 0.3) is 0 Å². The number of benzene rings is 3. The molecule has 2 N–H and O–H groups in total. The van der Waals surface area contributed by atoms with Gasteiger partial charge in [-0.1, -0.05) is 66.7 Å². The highest BCUT2D eigenvalue weighted by Crippen LogP contribution is 2.24. The smallest absolute Gasteiger partial charge is 0.303 e. The Balaban J connectivity index is 1.67. The Hall–Kier alpha value is -3.57. The number of carboxylic acid groups (broad SMARTS) is 1. The zero-order valence-corrected chi connectivity index (χ0v) is 16.2. The van der Waals surface area contributed by atoms with E-state index in [0.717, 1.165) is 22.3 Å². The van der Waals surface area contributed by atoms with Crippen LogP contribution in [0.4, 0.5) is 0 Å². The molecule has 5 heteroatoms. The van der Waals surface area contributed by atoms with Crippen LogP contribution in [0.25, 0.3) is 16.8 Å². The van der Waals surface area contributed by atoms with E-state index < -0.39 is 5.97 Å². The van der Waals surface area contributed by atoms with Crippen LogP contribution in [-0.2, 0) is 16.1 Å². The fourth-order valence-corrected chi connectivity index (χ4v) is 2.85. The number of carboxylic acids is 1. The van der Waals surface area contributed by atoms with Crippen molar-refractivity contribution in [3.63, 3.8) is 0 Å². The summed E-state index contributed by atoms with van der Waals surface area (Å²) in [6, 6.07) is 25.5. The first kappa shape index (κ1) is 20.2. The molecule has 0 saturated heterocycles. The lowest BCUT2D eigenvalue weighted by atomic mass is 10.0. The second-order valence-electron chi connectivity index (χ2n) is 6.44. The minimum Gasteiger partial charge on any atom is -0.481 e. The lowest BCUT2D eigenvalue weighted by molar-refractivity contribution is -0.136. The molecule has 29 heavy (non-hydrogen) atoms. The van der Waals surface area contributed by atoms with Crippen LogP contribution in [0.2, 0.25) is 0 Å². The van der Waals surface area contributed by atoms with Gasteiger partial charge in [0.15, 0.2) is 0 Å².